The SMILES string of the molecule is CCCCc1ccc(C(N)=O)cc1-c1nc(S(C)(=O)=O)nc2c1CNC(=O)N2c1c(F)cccc1F. The number of urea groups is 1. The number of hydrogen-bond donors (Lipinski definition) is 2. The van der Waals surface area contributed by atoms with Crippen LogP contribution >= 0.6 is 0 Å². The van der Waals surface area contributed by atoms with Gasteiger partial charge in [-0.3, -0.25) is 4.79 Å². The standard InChI is InChI=1S/C24H23F2N5O4S/c1-3-4-6-13-9-10-14(21(27)32)11-15(13)19-16-12-28-24(33)31(20-17(25)7-5-8-18(20)26)22(16)30-23(29-19)36(2,34)35/h5,7-11H,3-4,6,12H2,1-2H3,(H2,27,32)(H,28,33). The Morgan fingerprint density at radius 1 is 1.17 bits per heavy atom. The van der Waals surface area contributed by atoms with E-state index in [0.29, 0.717) is 16.9 Å². The number of benzene rings is 2. The summed E-state index contributed by atoms with van der Waals surface area (Å²) in [4.78, 5) is 33.7. The lowest BCUT2D eigenvalue weighted by Crippen LogP contribution is -2.43. The number of primary amides is 1. The molecule has 0 saturated carbocycles. The molecule has 0 radical (unpaired) electrons. The van der Waals surface area contributed by atoms with Gasteiger partial charge in [-0.25, -0.2) is 31.9 Å². The highest BCUT2D eigenvalue weighted by molar-refractivity contribution is 7.90. The van der Waals surface area contributed by atoms with Crippen molar-refractivity contribution in [1.82, 2.24) is 15.3 Å². The summed E-state index contributed by atoms with van der Waals surface area (Å²) in [5.41, 5.74) is 6.43. The summed E-state index contributed by atoms with van der Waals surface area (Å²) < 4.78 is 54.5. The Labute approximate surface area is 206 Å². The number of amides is 3. The van der Waals surface area contributed by atoms with E-state index in [-0.39, 0.29) is 29.2 Å². The van der Waals surface area contributed by atoms with Crippen LogP contribution in [0.5, 0.6) is 0 Å². The molecular formula is C24H23F2N5O4S. The number of anilines is 2. The number of nitrogens with zero attached hydrogens (tertiary/aromatic N) is 3. The lowest BCUT2D eigenvalue weighted by molar-refractivity contribution is 0.1000. The highest BCUT2D eigenvalue weighted by Gasteiger charge is 2.35. The Morgan fingerprint density at radius 3 is 2.47 bits per heavy atom. The van der Waals surface area contributed by atoms with E-state index in [2.05, 4.69) is 15.3 Å². The van der Waals surface area contributed by atoms with Gasteiger partial charge in [-0.1, -0.05) is 25.5 Å². The van der Waals surface area contributed by atoms with Crippen LogP contribution in [0, 0.1) is 11.6 Å². The van der Waals surface area contributed by atoms with Crippen molar-refractivity contribution in [2.45, 2.75) is 37.9 Å². The van der Waals surface area contributed by atoms with Crippen LogP contribution in [-0.4, -0.2) is 36.6 Å². The molecule has 0 unspecified atom stereocenters. The number of carbonyl (C=O) groups excluding carboxylic acids is 2. The number of rotatable bonds is 7. The minimum atomic E-state index is -4.03. The van der Waals surface area contributed by atoms with Crippen LogP contribution in [-0.2, 0) is 22.8 Å². The molecule has 3 aromatic rings. The Kier molecular flexibility index (Phi) is 6.72. The molecule has 36 heavy (non-hydrogen) atoms. The summed E-state index contributed by atoms with van der Waals surface area (Å²) in [5.74, 6) is -3.07. The average molecular weight is 516 g/mol. The van der Waals surface area contributed by atoms with Crippen molar-refractivity contribution in [3.05, 3.63) is 64.7 Å². The van der Waals surface area contributed by atoms with Crippen LogP contribution in [0.25, 0.3) is 11.3 Å². The van der Waals surface area contributed by atoms with Gasteiger partial charge in [-0.05, 0) is 42.7 Å². The summed E-state index contributed by atoms with van der Waals surface area (Å²) in [7, 11) is -4.03. The molecule has 3 N–H and O–H groups in total. The Hall–Kier alpha value is -3.93. The van der Waals surface area contributed by atoms with Gasteiger partial charge in [-0.15, -0.1) is 0 Å². The number of sulfone groups is 1. The van der Waals surface area contributed by atoms with E-state index in [9.17, 15) is 26.8 Å². The predicted molar refractivity (Wildman–Crippen MR) is 128 cm³/mol. The molecule has 9 nitrogen and oxygen atoms in total. The summed E-state index contributed by atoms with van der Waals surface area (Å²) in [6.07, 6.45) is 3.12. The fourth-order valence-corrected chi connectivity index (χ4v) is 4.48. The fraction of sp³-hybridized carbons (Fsp3) is 0.250. The Balaban J connectivity index is 2.08. The highest BCUT2D eigenvalue weighted by Crippen LogP contribution is 2.39. The van der Waals surface area contributed by atoms with Gasteiger partial charge in [0.05, 0.1) is 12.2 Å². The Bertz CT molecular complexity index is 1470. The van der Waals surface area contributed by atoms with Crippen LogP contribution in [0.15, 0.2) is 41.6 Å². The van der Waals surface area contributed by atoms with Gasteiger partial charge in [-0.2, -0.15) is 4.98 Å². The van der Waals surface area contributed by atoms with Crippen molar-refractivity contribution in [1.29, 1.82) is 0 Å². The maximum absolute atomic E-state index is 14.7. The van der Waals surface area contributed by atoms with Gasteiger partial charge in [0, 0.05) is 22.9 Å². The van der Waals surface area contributed by atoms with Crippen molar-refractivity contribution in [3.63, 3.8) is 0 Å². The van der Waals surface area contributed by atoms with Crippen molar-refractivity contribution >= 4 is 33.3 Å². The zero-order valence-corrected chi connectivity index (χ0v) is 20.3. The highest BCUT2D eigenvalue weighted by atomic mass is 32.2. The van der Waals surface area contributed by atoms with Crippen molar-refractivity contribution < 1.29 is 26.8 Å². The number of carbonyl (C=O) groups is 2. The van der Waals surface area contributed by atoms with Gasteiger partial charge >= 0.3 is 6.03 Å². The summed E-state index contributed by atoms with van der Waals surface area (Å²) >= 11 is 0. The van der Waals surface area contributed by atoms with Gasteiger partial charge in [0.2, 0.25) is 20.9 Å². The third-order valence-corrected chi connectivity index (χ3v) is 6.58. The second kappa shape index (κ2) is 9.61. The molecule has 3 amide bonds. The summed E-state index contributed by atoms with van der Waals surface area (Å²) in [5, 5.41) is 1.90. The lowest BCUT2D eigenvalue weighted by atomic mass is 9.94. The van der Waals surface area contributed by atoms with Crippen LogP contribution < -0.4 is 16.0 Å². The molecule has 1 aliphatic heterocycles. The van der Waals surface area contributed by atoms with Gasteiger partial charge < -0.3 is 11.1 Å². The molecule has 4 rings (SSSR count). The third-order valence-electron chi connectivity index (χ3n) is 5.74. The minimum Gasteiger partial charge on any atom is -0.366 e. The van der Waals surface area contributed by atoms with E-state index >= 15 is 0 Å². The zero-order valence-electron chi connectivity index (χ0n) is 19.5. The molecule has 188 valence electrons. The third kappa shape index (κ3) is 4.63. The maximum Gasteiger partial charge on any atom is 0.328 e. The molecule has 0 bridgehead atoms. The van der Waals surface area contributed by atoms with E-state index in [1.807, 2.05) is 6.92 Å². The van der Waals surface area contributed by atoms with E-state index < -0.39 is 44.3 Å². The number of aryl methyl sites for hydroxylation is 1. The summed E-state index contributed by atoms with van der Waals surface area (Å²) in [6.45, 7) is 1.86. The average Bonchev–Trinajstić information content (AvgIpc) is 2.82. The van der Waals surface area contributed by atoms with E-state index in [0.717, 1.165) is 42.9 Å². The molecule has 1 aromatic heterocycles. The fourth-order valence-electron chi connectivity index (χ4n) is 3.97. The monoisotopic (exact) mass is 515 g/mol. The van der Waals surface area contributed by atoms with Crippen LogP contribution in [0.3, 0.4) is 0 Å². The molecule has 0 aliphatic carbocycles. The number of halogens is 2. The van der Waals surface area contributed by atoms with Gasteiger partial charge in [0.1, 0.15) is 17.3 Å². The number of nitrogens with one attached hydrogen (secondary N) is 1. The number of hydrogen-bond acceptors (Lipinski definition) is 6. The number of nitrogens with two attached hydrogens (primary N) is 1. The van der Waals surface area contributed by atoms with Crippen LogP contribution in [0.1, 0.15) is 41.3 Å². The number of aromatic nitrogens is 2. The van der Waals surface area contributed by atoms with E-state index in [1.165, 1.54) is 6.07 Å². The quantitative estimate of drug-likeness (QED) is 0.462. The molecule has 2 heterocycles. The molecule has 0 saturated heterocycles. The molecule has 12 heteroatoms. The van der Waals surface area contributed by atoms with Crippen molar-refractivity contribution in [2.75, 3.05) is 11.2 Å². The number of unbranched alkanes of at least 4 members (excludes halogenated alkanes) is 1. The molecule has 0 fully saturated rings. The largest absolute Gasteiger partial charge is 0.366 e. The first-order valence-electron chi connectivity index (χ1n) is 11.1. The molecule has 0 atom stereocenters. The first kappa shape index (κ1) is 25.2. The van der Waals surface area contributed by atoms with Crippen LogP contribution in [0.2, 0.25) is 0 Å². The van der Waals surface area contributed by atoms with Gasteiger partial charge in [0.25, 0.3) is 0 Å². The van der Waals surface area contributed by atoms with Crippen LogP contribution in [0.4, 0.5) is 25.1 Å². The second-order valence-corrected chi connectivity index (χ2v) is 10.2. The van der Waals surface area contributed by atoms with E-state index in [4.69, 9.17) is 5.73 Å². The first-order chi connectivity index (χ1) is 17.0. The molecule has 0 spiro atoms. The number of para-hydroxylation sites is 1. The zero-order chi connectivity index (χ0) is 26.2. The lowest BCUT2D eigenvalue weighted by Gasteiger charge is -2.31. The van der Waals surface area contributed by atoms with Gasteiger partial charge in [0.15, 0.2) is 5.82 Å². The number of fused-ring (bicyclic) bond motifs is 1. The molecule has 1 aliphatic rings. The first-order valence-corrected chi connectivity index (χ1v) is 13.0. The molecular weight excluding hydrogens is 492 g/mol. The maximum atomic E-state index is 14.7. The second-order valence-electron chi connectivity index (χ2n) is 8.33. The van der Waals surface area contributed by atoms with Crippen molar-refractivity contribution in [2.24, 2.45) is 5.73 Å². The summed E-state index contributed by atoms with van der Waals surface area (Å²) in [6, 6.07) is 6.94. The normalized spacial score (nSPS) is 13.3. The Morgan fingerprint density at radius 2 is 1.86 bits per heavy atom. The predicted octanol–water partition coefficient (Wildman–Crippen LogP) is 3.63. The van der Waals surface area contributed by atoms with E-state index in [1.54, 1.807) is 12.1 Å². The smallest absolute Gasteiger partial charge is 0.328 e. The minimum absolute atomic E-state index is 0.108. The molecule has 2 aromatic carbocycles. The van der Waals surface area contributed by atoms with Crippen molar-refractivity contribution in [3.8, 4) is 11.3 Å². The topological polar surface area (TPSA) is 135 Å².